The normalized spacial score (nSPS) is 23.6. The van der Waals surface area contributed by atoms with Crippen molar-refractivity contribution in [3.05, 3.63) is 32.9 Å². The Labute approximate surface area is 120 Å². The lowest BCUT2D eigenvalue weighted by Gasteiger charge is -2.27. The average Bonchev–Trinajstić information content (AvgIpc) is 3.02. The molecular weight excluding hydrogens is 281 g/mol. The standard InChI is InChI=1S/C13H18FN3O4/c14-10-8-16(11-2-1-5-21-11)13(19)17(12(10)18)9-15-3-6-20-7-4-15/h8,11H,1-7,9H2. The second-order valence-electron chi connectivity index (χ2n) is 5.24. The third-order valence-corrected chi connectivity index (χ3v) is 3.81. The molecule has 0 amide bonds. The number of hydrogen-bond acceptors (Lipinski definition) is 5. The molecule has 21 heavy (non-hydrogen) atoms. The van der Waals surface area contributed by atoms with Crippen LogP contribution in [0.15, 0.2) is 15.8 Å². The summed E-state index contributed by atoms with van der Waals surface area (Å²) in [7, 11) is 0. The smallest absolute Gasteiger partial charge is 0.334 e. The van der Waals surface area contributed by atoms with E-state index in [1.54, 1.807) is 0 Å². The topological polar surface area (TPSA) is 65.7 Å². The van der Waals surface area contributed by atoms with Gasteiger partial charge in [-0.3, -0.25) is 14.3 Å². The molecule has 3 heterocycles. The highest BCUT2D eigenvalue weighted by Crippen LogP contribution is 2.20. The van der Waals surface area contributed by atoms with E-state index in [1.807, 2.05) is 4.90 Å². The molecule has 2 saturated heterocycles. The number of halogens is 1. The van der Waals surface area contributed by atoms with Gasteiger partial charge in [0, 0.05) is 19.7 Å². The summed E-state index contributed by atoms with van der Waals surface area (Å²) in [5.74, 6) is -0.932. The van der Waals surface area contributed by atoms with Crippen molar-refractivity contribution in [3.63, 3.8) is 0 Å². The Morgan fingerprint density at radius 2 is 2.00 bits per heavy atom. The number of ether oxygens (including phenoxy) is 2. The van der Waals surface area contributed by atoms with Crippen molar-refractivity contribution in [2.75, 3.05) is 32.9 Å². The van der Waals surface area contributed by atoms with Crippen LogP contribution in [0.2, 0.25) is 0 Å². The molecule has 116 valence electrons. The molecule has 7 nitrogen and oxygen atoms in total. The van der Waals surface area contributed by atoms with Gasteiger partial charge in [0.05, 0.1) is 26.1 Å². The molecular formula is C13H18FN3O4. The van der Waals surface area contributed by atoms with Gasteiger partial charge in [-0.25, -0.2) is 9.36 Å². The van der Waals surface area contributed by atoms with Crippen LogP contribution in [0.25, 0.3) is 0 Å². The molecule has 0 spiro atoms. The first-order valence-electron chi connectivity index (χ1n) is 7.10. The fourth-order valence-corrected chi connectivity index (χ4v) is 2.64. The highest BCUT2D eigenvalue weighted by atomic mass is 19.1. The molecule has 1 atom stereocenters. The molecule has 2 aliphatic heterocycles. The van der Waals surface area contributed by atoms with Crippen LogP contribution >= 0.6 is 0 Å². The Balaban J connectivity index is 1.94. The molecule has 0 bridgehead atoms. The van der Waals surface area contributed by atoms with Crippen LogP contribution in [-0.4, -0.2) is 46.9 Å². The van der Waals surface area contributed by atoms with Gasteiger partial charge in [-0.1, -0.05) is 0 Å². The Morgan fingerprint density at radius 3 is 2.67 bits per heavy atom. The molecule has 2 fully saturated rings. The largest absolute Gasteiger partial charge is 0.379 e. The van der Waals surface area contributed by atoms with Gasteiger partial charge in [-0.2, -0.15) is 4.39 Å². The lowest BCUT2D eigenvalue weighted by molar-refractivity contribution is 0.0189. The minimum atomic E-state index is -0.932. The molecule has 1 aromatic rings. The summed E-state index contributed by atoms with van der Waals surface area (Å²) in [4.78, 5) is 26.2. The highest BCUT2D eigenvalue weighted by molar-refractivity contribution is 4.92. The number of aromatic nitrogens is 2. The van der Waals surface area contributed by atoms with E-state index in [2.05, 4.69) is 0 Å². The molecule has 3 rings (SSSR count). The van der Waals surface area contributed by atoms with Crippen LogP contribution in [0.3, 0.4) is 0 Å². The van der Waals surface area contributed by atoms with E-state index in [0.717, 1.165) is 17.2 Å². The monoisotopic (exact) mass is 299 g/mol. The lowest BCUT2D eigenvalue weighted by atomic mass is 10.3. The maximum Gasteiger partial charge on any atom is 0.334 e. The number of morpholine rings is 1. The van der Waals surface area contributed by atoms with E-state index in [0.29, 0.717) is 39.3 Å². The summed E-state index contributed by atoms with van der Waals surface area (Å²) in [5.41, 5.74) is -1.42. The van der Waals surface area contributed by atoms with Crippen LogP contribution in [-0.2, 0) is 16.1 Å². The third kappa shape index (κ3) is 2.92. The first-order chi connectivity index (χ1) is 10.2. The quantitative estimate of drug-likeness (QED) is 0.770. The fraction of sp³-hybridized carbons (Fsp3) is 0.692. The zero-order chi connectivity index (χ0) is 14.8. The van der Waals surface area contributed by atoms with Gasteiger partial charge in [0.15, 0.2) is 0 Å². The number of hydrogen-bond donors (Lipinski definition) is 0. The van der Waals surface area contributed by atoms with E-state index < -0.39 is 23.3 Å². The molecule has 8 heteroatoms. The third-order valence-electron chi connectivity index (χ3n) is 3.81. The van der Waals surface area contributed by atoms with E-state index in [-0.39, 0.29) is 6.67 Å². The minimum absolute atomic E-state index is 0.0749. The zero-order valence-corrected chi connectivity index (χ0v) is 11.7. The Hall–Kier alpha value is -1.51. The van der Waals surface area contributed by atoms with Crippen molar-refractivity contribution in [2.24, 2.45) is 0 Å². The van der Waals surface area contributed by atoms with Crippen molar-refractivity contribution < 1.29 is 13.9 Å². The summed E-state index contributed by atoms with van der Waals surface area (Å²) in [6.07, 6.45) is 1.94. The average molecular weight is 299 g/mol. The maximum absolute atomic E-state index is 13.8. The second-order valence-corrected chi connectivity index (χ2v) is 5.24. The van der Waals surface area contributed by atoms with E-state index >= 15 is 0 Å². The van der Waals surface area contributed by atoms with Gasteiger partial charge in [0.1, 0.15) is 6.23 Å². The molecule has 2 aliphatic rings. The van der Waals surface area contributed by atoms with Gasteiger partial charge in [-0.05, 0) is 12.8 Å². The summed E-state index contributed by atoms with van der Waals surface area (Å²) in [6, 6.07) is 0. The summed E-state index contributed by atoms with van der Waals surface area (Å²) < 4.78 is 26.6. The van der Waals surface area contributed by atoms with Gasteiger partial charge in [-0.15, -0.1) is 0 Å². The van der Waals surface area contributed by atoms with Crippen LogP contribution in [0.1, 0.15) is 19.1 Å². The molecule has 0 radical (unpaired) electrons. The van der Waals surface area contributed by atoms with Crippen molar-refractivity contribution in [2.45, 2.75) is 25.7 Å². The summed E-state index contributed by atoms with van der Waals surface area (Å²) in [6.45, 7) is 2.94. The van der Waals surface area contributed by atoms with E-state index in [9.17, 15) is 14.0 Å². The van der Waals surface area contributed by atoms with Gasteiger partial charge >= 0.3 is 5.69 Å². The summed E-state index contributed by atoms with van der Waals surface area (Å²) in [5, 5.41) is 0. The van der Waals surface area contributed by atoms with E-state index in [1.165, 1.54) is 4.57 Å². The van der Waals surface area contributed by atoms with Crippen molar-refractivity contribution in [1.29, 1.82) is 0 Å². The van der Waals surface area contributed by atoms with Crippen molar-refractivity contribution in [3.8, 4) is 0 Å². The molecule has 0 N–H and O–H groups in total. The predicted molar refractivity (Wildman–Crippen MR) is 71.5 cm³/mol. The predicted octanol–water partition coefficient (Wildman–Crippen LogP) is -0.252. The lowest BCUT2D eigenvalue weighted by Crippen LogP contribution is -2.48. The molecule has 0 saturated carbocycles. The molecule has 0 aromatic carbocycles. The first-order valence-corrected chi connectivity index (χ1v) is 7.10. The van der Waals surface area contributed by atoms with Crippen molar-refractivity contribution >= 4 is 0 Å². The second kappa shape index (κ2) is 6.08. The number of nitrogens with zero attached hydrogens (tertiary/aromatic N) is 3. The highest BCUT2D eigenvalue weighted by Gasteiger charge is 2.23. The summed E-state index contributed by atoms with van der Waals surface area (Å²) >= 11 is 0. The van der Waals surface area contributed by atoms with Crippen LogP contribution in [0.4, 0.5) is 4.39 Å². The molecule has 1 unspecified atom stereocenters. The van der Waals surface area contributed by atoms with Crippen LogP contribution in [0, 0.1) is 5.82 Å². The van der Waals surface area contributed by atoms with Crippen LogP contribution < -0.4 is 11.2 Å². The Bertz CT molecular complexity index is 615. The van der Waals surface area contributed by atoms with E-state index in [4.69, 9.17) is 9.47 Å². The Kier molecular flexibility index (Phi) is 4.18. The number of rotatable bonds is 3. The minimum Gasteiger partial charge on any atom is -0.379 e. The first kappa shape index (κ1) is 14.4. The fourth-order valence-electron chi connectivity index (χ4n) is 2.64. The van der Waals surface area contributed by atoms with Gasteiger partial charge < -0.3 is 9.47 Å². The maximum atomic E-state index is 13.8. The molecule has 1 aromatic heterocycles. The SMILES string of the molecule is O=c1c(F)cn(C2CCCO2)c(=O)n1CN1CCOCC1. The van der Waals surface area contributed by atoms with Crippen LogP contribution in [0.5, 0.6) is 0 Å². The van der Waals surface area contributed by atoms with Gasteiger partial charge in [0.25, 0.3) is 5.56 Å². The zero-order valence-electron chi connectivity index (χ0n) is 11.7. The Morgan fingerprint density at radius 1 is 1.24 bits per heavy atom. The van der Waals surface area contributed by atoms with Gasteiger partial charge in [0.2, 0.25) is 5.82 Å². The molecule has 0 aliphatic carbocycles. The van der Waals surface area contributed by atoms with Crippen molar-refractivity contribution in [1.82, 2.24) is 14.0 Å².